The Morgan fingerprint density at radius 2 is 1.86 bits per heavy atom. The molecule has 0 aliphatic carbocycles. The molecule has 1 aromatic heterocycles. The van der Waals surface area contributed by atoms with Crippen LogP contribution in [0, 0.1) is 24.0 Å². The summed E-state index contributed by atoms with van der Waals surface area (Å²) in [7, 11) is 1.54. The summed E-state index contributed by atoms with van der Waals surface area (Å²) in [6.07, 6.45) is -4.69. The lowest BCUT2D eigenvalue weighted by atomic mass is 10.0. The van der Waals surface area contributed by atoms with E-state index in [1.807, 2.05) is 0 Å². The van der Waals surface area contributed by atoms with Crippen molar-refractivity contribution in [2.75, 3.05) is 0 Å². The van der Waals surface area contributed by atoms with Gasteiger partial charge in [-0.3, -0.25) is 19.6 Å². The van der Waals surface area contributed by atoms with E-state index in [1.54, 1.807) is 0 Å². The van der Waals surface area contributed by atoms with Crippen LogP contribution < -0.4 is 5.32 Å². The summed E-state index contributed by atoms with van der Waals surface area (Å²) in [5, 5.41) is 15.9. The highest BCUT2D eigenvalue weighted by Gasteiger charge is 2.45. The van der Waals surface area contributed by atoms with Crippen molar-refractivity contribution in [3.8, 4) is 0 Å². The third-order valence-electron chi connectivity index (χ3n) is 4.20. The van der Waals surface area contributed by atoms with Gasteiger partial charge in [-0.2, -0.15) is 18.3 Å². The summed E-state index contributed by atoms with van der Waals surface area (Å²) in [5.41, 5.74) is 0.325. The van der Waals surface area contributed by atoms with E-state index in [0.717, 1.165) is 11.8 Å². The van der Waals surface area contributed by atoms with Gasteiger partial charge < -0.3 is 5.32 Å². The predicted molar refractivity (Wildman–Crippen MR) is 98.0 cm³/mol. The molecule has 0 saturated carbocycles. The summed E-state index contributed by atoms with van der Waals surface area (Å²) in [6.45, 7) is 4.44. The number of thioether (sulfide) groups is 1. The molecule has 1 N–H and O–H groups in total. The fraction of sp³-hybridized carbons (Fsp3) is 0.412. The number of nitro groups is 1. The molecule has 28 heavy (non-hydrogen) atoms. The Labute approximate surface area is 163 Å². The molecule has 0 unspecified atom stereocenters. The van der Waals surface area contributed by atoms with Crippen LogP contribution in [0.1, 0.15) is 29.9 Å². The number of non-ortho nitro benzene ring substituents is 1. The topological polar surface area (TPSA) is 90.1 Å². The number of amides is 1. The van der Waals surface area contributed by atoms with E-state index in [0.29, 0.717) is 10.6 Å². The molecule has 1 amide bonds. The first kappa shape index (κ1) is 21.7. The molecule has 0 aliphatic heterocycles. The van der Waals surface area contributed by atoms with Gasteiger partial charge in [0.2, 0.25) is 5.91 Å². The Bertz CT molecular complexity index is 881. The van der Waals surface area contributed by atoms with Crippen molar-refractivity contribution >= 4 is 23.4 Å². The molecular weight excluding hydrogens is 397 g/mol. The van der Waals surface area contributed by atoms with Gasteiger partial charge in [0.1, 0.15) is 0 Å². The number of hydrogen-bond donors (Lipinski definition) is 1. The lowest BCUT2D eigenvalue weighted by Gasteiger charge is -2.24. The van der Waals surface area contributed by atoms with Gasteiger partial charge in [-0.1, -0.05) is 0 Å². The summed E-state index contributed by atoms with van der Waals surface area (Å²) in [4.78, 5) is 23.1. The van der Waals surface area contributed by atoms with Crippen LogP contribution in [0.5, 0.6) is 0 Å². The molecule has 2 atom stereocenters. The SMILES string of the molecule is Cc1nn(C)c(C)c1[C@@H](NC(=O)[C@H](C)Sc1ccc([N+](=O)[O-])cc1)C(F)(F)F. The fourth-order valence-electron chi connectivity index (χ4n) is 2.69. The number of nitrogens with one attached hydrogen (secondary N) is 1. The van der Waals surface area contributed by atoms with Crippen molar-refractivity contribution < 1.29 is 22.9 Å². The van der Waals surface area contributed by atoms with E-state index in [2.05, 4.69) is 10.4 Å². The molecule has 0 spiro atoms. The molecule has 152 valence electrons. The Balaban J connectivity index is 2.18. The highest BCUT2D eigenvalue weighted by atomic mass is 32.2. The zero-order valence-corrected chi connectivity index (χ0v) is 16.4. The number of nitrogens with zero attached hydrogens (tertiary/aromatic N) is 3. The number of carbonyl (C=O) groups excluding carboxylic acids is 1. The van der Waals surface area contributed by atoms with Gasteiger partial charge >= 0.3 is 6.18 Å². The van der Waals surface area contributed by atoms with Gasteiger partial charge in [0.25, 0.3) is 5.69 Å². The number of hydrogen-bond acceptors (Lipinski definition) is 5. The first-order chi connectivity index (χ1) is 12.9. The minimum atomic E-state index is -4.69. The van der Waals surface area contributed by atoms with Crippen LogP contribution in [-0.2, 0) is 11.8 Å². The van der Waals surface area contributed by atoms with E-state index in [9.17, 15) is 28.1 Å². The van der Waals surface area contributed by atoms with Crippen molar-refractivity contribution in [1.82, 2.24) is 15.1 Å². The molecule has 0 fully saturated rings. The predicted octanol–water partition coefficient (Wildman–Crippen LogP) is 3.85. The zero-order chi connectivity index (χ0) is 21.2. The van der Waals surface area contributed by atoms with Crippen molar-refractivity contribution in [1.29, 1.82) is 0 Å². The molecule has 2 aromatic rings. The number of benzene rings is 1. The van der Waals surface area contributed by atoms with Crippen molar-refractivity contribution in [3.05, 3.63) is 51.3 Å². The third-order valence-corrected chi connectivity index (χ3v) is 5.31. The van der Waals surface area contributed by atoms with Gasteiger partial charge in [0, 0.05) is 35.3 Å². The lowest BCUT2D eigenvalue weighted by molar-refractivity contribution is -0.384. The Morgan fingerprint density at radius 3 is 2.29 bits per heavy atom. The second-order valence-corrected chi connectivity index (χ2v) is 7.62. The number of aryl methyl sites for hydroxylation is 2. The number of alkyl halides is 3. The molecule has 2 rings (SSSR count). The lowest BCUT2D eigenvalue weighted by Crippen LogP contribution is -2.42. The number of halogens is 3. The maximum Gasteiger partial charge on any atom is 0.413 e. The smallest absolute Gasteiger partial charge is 0.340 e. The van der Waals surface area contributed by atoms with Crippen molar-refractivity contribution in [2.45, 2.75) is 43.1 Å². The van der Waals surface area contributed by atoms with Gasteiger partial charge in [0.15, 0.2) is 6.04 Å². The van der Waals surface area contributed by atoms with E-state index in [1.165, 1.54) is 56.8 Å². The Hall–Kier alpha value is -2.56. The molecule has 7 nitrogen and oxygen atoms in total. The summed E-state index contributed by atoms with van der Waals surface area (Å²) in [5.74, 6) is -0.798. The minimum absolute atomic E-state index is 0.0733. The highest BCUT2D eigenvalue weighted by molar-refractivity contribution is 8.00. The van der Waals surface area contributed by atoms with E-state index < -0.39 is 28.3 Å². The van der Waals surface area contributed by atoms with Gasteiger partial charge in [-0.15, -0.1) is 11.8 Å². The minimum Gasteiger partial charge on any atom is -0.340 e. The van der Waals surface area contributed by atoms with E-state index in [-0.39, 0.29) is 16.9 Å². The first-order valence-electron chi connectivity index (χ1n) is 8.20. The maximum absolute atomic E-state index is 13.6. The average molecular weight is 416 g/mol. The van der Waals surface area contributed by atoms with Crippen LogP contribution in [0.2, 0.25) is 0 Å². The fourth-order valence-corrected chi connectivity index (χ4v) is 3.57. The third kappa shape index (κ3) is 4.83. The molecular formula is C17H19F3N4O3S. The first-order valence-corrected chi connectivity index (χ1v) is 9.08. The second kappa shape index (κ2) is 8.21. The van der Waals surface area contributed by atoms with Crippen LogP contribution in [-0.4, -0.2) is 32.0 Å². The Kier molecular flexibility index (Phi) is 6.37. The molecule has 0 saturated heterocycles. The second-order valence-electron chi connectivity index (χ2n) is 6.20. The van der Waals surface area contributed by atoms with Gasteiger partial charge in [-0.05, 0) is 32.9 Å². The summed E-state index contributed by atoms with van der Waals surface area (Å²) in [6, 6.07) is 3.27. The normalized spacial score (nSPS) is 13.8. The molecule has 11 heteroatoms. The standard InChI is InChI=1S/C17H19F3N4O3S/c1-9-14(10(2)23(4)22-9)15(17(18,19)20)21-16(25)11(3)28-13-7-5-12(6-8-13)24(26)27/h5-8,11,15H,1-4H3,(H,21,25)/t11-,15+/m0/s1. The van der Waals surface area contributed by atoms with Crippen LogP contribution >= 0.6 is 11.8 Å². The number of aromatic nitrogens is 2. The van der Waals surface area contributed by atoms with Crippen LogP contribution in [0.4, 0.5) is 18.9 Å². The van der Waals surface area contributed by atoms with Gasteiger partial charge in [0.05, 0.1) is 15.9 Å². The van der Waals surface area contributed by atoms with Crippen LogP contribution in [0.25, 0.3) is 0 Å². The summed E-state index contributed by atoms with van der Waals surface area (Å²) >= 11 is 1.01. The monoisotopic (exact) mass is 416 g/mol. The number of carbonyl (C=O) groups is 1. The molecule has 0 aliphatic rings. The van der Waals surface area contributed by atoms with Crippen molar-refractivity contribution in [3.63, 3.8) is 0 Å². The molecule has 0 radical (unpaired) electrons. The number of rotatable bonds is 6. The molecule has 1 aromatic carbocycles. The van der Waals surface area contributed by atoms with Crippen LogP contribution in [0.15, 0.2) is 29.2 Å². The highest BCUT2D eigenvalue weighted by Crippen LogP contribution is 2.36. The van der Waals surface area contributed by atoms with Crippen molar-refractivity contribution in [2.24, 2.45) is 7.05 Å². The largest absolute Gasteiger partial charge is 0.413 e. The average Bonchev–Trinajstić information content (AvgIpc) is 2.84. The maximum atomic E-state index is 13.6. The Morgan fingerprint density at radius 1 is 1.29 bits per heavy atom. The summed E-state index contributed by atoms with van der Waals surface area (Å²) < 4.78 is 42.2. The quantitative estimate of drug-likeness (QED) is 0.439. The van der Waals surface area contributed by atoms with E-state index >= 15 is 0 Å². The molecule has 0 bridgehead atoms. The molecule has 1 heterocycles. The zero-order valence-electron chi connectivity index (χ0n) is 15.6. The van der Waals surface area contributed by atoms with Gasteiger partial charge in [-0.25, -0.2) is 0 Å². The number of nitro benzene ring substituents is 1. The van der Waals surface area contributed by atoms with E-state index in [4.69, 9.17) is 0 Å². The van der Waals surface area contributed by atoms with Crippen LogP contribution in [0.3, 0.4) is 0 Å².